The van der Waals surface area contributed by atoms with Gasteiger partial charge in [0.25, 0.3) is 0 Å². The molecule has 0 saturated heterocycles. The van der Waals surface area contributed by atoms with Crippen LogP contribution in [0.4, 0.5) is 0 Å². The third kappa shape index (κ3) is 8.23. The van der Waals surface area contributed by atoms with E-state index in [4.69, 9.17) is 9.94 Å². The van der Waals surface area contributed by atoms with Crippen LogP contribution in [-0.2, 0) is 11.3 Å². The van der Waals surface area contributed by atoms with Gasteiger partial charge in [0.05, 0.1) is 12.7 Å². The Hall–Kier alpha value is -0.900. The van der Waals surface area contributed by atoms with Gasteiger partial charge in [-0.3, -0.25) is 0 Å². The molecular weight excluding hydrogens is 226 g/mol. The summed E-state index contributed by atoms with van der Waals surface area (Å²) in [5, 5.41) is 8.99. The third-order valence-corrected chi connectivity index (χ3v) is 2.79. The van der Waals surface area contributed by atoms with E-state index in [2.05, 4.69) is 35.8 Å². The summed E-state index contributed by atoms with van der Waals surface area (Å²) in [6, 6.07) is 10.6. The van der Waals surface area contributed by atoms with E-state index in [1.807, 2.05) is 0 Å². The molecule has 18 heavy (non-hydrogen) atoms. The Morgan fingerprint density at radius 3 is 2.56 bits per heavy atom. The molecule has 1 atom stereocenters. The summed E-state index contributed by atoms with van der Waals surface area (Å²) in [4.78, 5) is 5.20. The zero-order valence-corrected chi connectivity index (χ0v) is 11.3. The molecule has 0 heterocycles. The van der Waals surface area contributed by atoms with Crippen LogP contribution in [0, 0.1) is 0 Å². The van der Waals surface area contributed by atoms with Crippen molar-refractivity contribution in [3.63, 3.8) is 0 Å². The van der Waals surface area contributed by atoms with Gasteiger partial charge in [0.1, 0.15) is 0 Å². The van der Waals surface area contributed by atoms with Crippen LogP contribution in [0.15, 0.2) is 30.3 Å². The molecule has 102 valence electrons. The van der Waals surface area contributed by atoms with Gasteiger partial charge in [-0.1, -0.05) is 43.2 Å². The quantitative estimate of drug-likeness (QED) is 0.496. The average molecular weight is 251 g/mol. The number of benzene rings is 1. The molecule has 0 amide bonds. The molecule has 1 rings (SSSR count). The first-order chi connectivity index (χ1) is 8.79. The summed E-state index contributed by atoms with van der Waals surface area (Å²) in [6.07, 6.45) is 5.57. The number of hydrogen-bond acceptors (Lipinski definition) is 3. The molecule has 3 nitrogen and oxygen atoms in total. The summed E-state index contributed by atoms with van der Waals surface area (Å²) in [6.45, 7) is 2.95. The van der Waals surface area contributed by atoms with E-state index in [1.54, 1.807) is 6.92 Å². The molecule has 0 aliphatic rings. The lowest BCUT2D eigenvalue weighted by Gasteiger charge is -2.07. The molecule has 1 aromatic carbocycles. The van der Waals surface area contributed by atoms with Crippen molar-refractivity contribution in [3.8, 4) is 0 Å². The van der Waals surface area contributed by atoms with Crippen molar-refractivity contribution in [2.45, 2.75) is 45.1 Å². The SMILES string of the molecule is CC(O)CNOCCCCCCc1ccccc1. The van der Waals surface area contributed by atoms with Gasteiger partial charge in [0, 0.05) is 6.54 Å². The Kier molecular flexibility index (Phi) is 8.47. The highest BCUT2D eigenvalue weighted by molar-refractivity contribution is 5.14. The lowest BCUT2D eigenvalue weighted by atomic mass is 10.1. The molecule has 1 aromatic rings. The van der Waals surface area contributed by atoms with Crippen LogP contribution in [0.25, 0.3) is 0 Å². The van der Waals surface area contributed by atoms with Gasteiger partial charge >= 0.3 is 0 Å². The topological polar surface area (TPSA) is 41.5 Å². The second-order valence-corrected chi connectivity index (χ2v) is 4.70. The van der Waals surface area contributed by atoms with E-state index in [0.717, 1.165) is 13.0 Å². The normalized spacial score (nSPS) is 12.6. The number of unbranched alkanes of at least 4 members (excludes halogenated alkanes) is 3. The van der Waals surface area contributed by atoms with Crippen molar-refractivity contribution in [1.29, 1.82) is 0 Å². The van der Waals surface area contributed by atoms with E-state index in [0.29, 0.717) is 6.54 Å². The van der Waals surface area contributed by atoms with E-state index in [1.165, 1.54) is 31.2 Å². The molecule has 0 aliphatic heterocycles. The van der Waals surface area contributed by atoms with Gasteiger partial charge in [-0.05, 0) is 31.7 Å². The first kappa shape index (κ1) is 15.2. The van der Waals surface area contributed by atoms with Crippen LogP contribution in [0.5, 0.6) is 0 Å². The molecule has 0 bridgehead atoms. The van der Waals surface area contributed by atoms with Crippen molar-refractivity contribution >= 4 is 0 Å². The van der Waals surface area contributed by atoms with Gasteiger partial charge in [0.15, 0.2) is 0 Å². The van der Waals surface area contributed by atoms with E-state index < -0.39 is 0 Å². The van der Waals surface area contributed by atoms with Gasteiger partial charge in [-0.25, -0.2) is 0 Å². The number of aliphatic hydroxyl groups excluding tert-OH is 1. The van der Waals surface area contributed by atoms with Crippen LogP contribution in [0.1, 0.15) is 38.2 Å². The second-order valence-electron chi connectivity index (χ2n) is 4.70. The maximum absolute atomic E-state index is 8.99. The Bertz CT molecular complexity index is 288. The van der Waals surface area contributed by atoms with E-state index in [9.17, 15) is 0 Å². The summed E-state index contributed by atoms with van der Waals surface area (Å²) >= 11 is 0. The molecule has 0 saturated carbocycles. The minimum atomic E-state index is -0.351. The number of nitrogens with one attached hydrogen (secondary N) is 1. The molecule has 0 aliphatic carbocycles. The zero-order valence-electron chi connectivity index (χ0n) is 11.3. The fourth-order valence-electron chi connectivity index (χ4n) is 1.75. The highest BCUT2D eigenvalue weighted by Gasteiger charge is 1.95. The predicted molar refractivity (Wildman–Crippen MR) is 74.2 cm³/mol. The van der Waals surface area contributed by atoms with Crippen molar-refractivity contribution in [2.24, 2.45) is 0 Å². The largest absolute Gasteiger partial charge is 0.392 e. The van der Waals surface area contributed by atoms with Crippen LogP contribution >= 0.6 is 0 Å². The highest BCUT2D eigenvalue weighted by Crippen LogP contribution is 2.07. The van der Waals surface area contributed by atoms with Crippen molar-refractivity contribution in [3.05, 3.63) is 35.9 Å². The molecule has 0 aromatic heterocycles. The smallest absolute Gasteiger partial charge is 0.0682 e. The monoisotopic (exact) mass is 251 g/mol. The first-order valence-electron chi connectivity index (χ1n) is 6.85. The summed E-state index contributed by atoms with van der Waals surface area (Å²) in [7, 11) is 0. The van der Waals surface area contributed by atoms with Crippen LogP contribution < -0.4 is 5.48 Å². The molecule has 0 spiro atoms. The third-order valence-electron chi connectivity index (χ3n) is 2.79. The zero-order chi connectivity index (χ0) is 13.1. The fraction of sp³-hybridized carbons (Fsp3) is 0.600. The summed E-state index contributed by atoms with van der Waals surface area (Å²) < 4.78 is 0. The van der Waals surface area contributed by atoms with Crippen molar-refractivity contribution in [2.75, 3.05) is 13.2 Å². The fourth-order valence-corrected chi connectivity index (χ4v) is 1.75. The van der Waals surface area contributed by atoms with Crippen LogP contribution in [0.2, 0.25) is 0 Å². The molecule has 3 heteroatoms. The van der Waals surface area contributed by atoms with Crippen LogP contribution in [-0.4, -0.2) is 24.4 Å². The summed E-state index contributed by atoms with van der Waals surface area (Å²) in [5.41, 5.74) is 4.18. The first-order valence-corrected chi connectivity index (χ1v) is 6.85. The number of hydrogen-bond donors (Lipinski definition) is 2. The average Bonchev–Trinajstić information content (AvgIpc) is 2.37. The number of hydroxylamine groups is 1. The summed E-state index contributed by atoms with van der Waals surface area (Å²) in [5.74, 6) is 0. The number of aliphatic hydroxyl groups is 1. The Morgan fingerprint density at radius 1 is 1.11 bits per heavy atom. The van der Waals surface area contributed by atoms with Gasteiger partial charge in [0.2, 0.25) is 0 Å². The Morgan fingerprint density at radius 2 is 1.83 bits per heavy atom. The van der Waals surface area contributed by atoms with E-state index in [-0.39, 0.29) is 6.10 Å². The molecule has 2 N–H and O–H groups in total. The number of aryl methyl sites for hydroxylation is 1. The second kappa shape index (κ2) is 10.1. The maximum atomic E-state index is 8.99. The lowest BCUT2D eigenvalue weighted by Crippen LogP contribution is -2.25. The van der Waals surface area contributed by atoms with Gasteiger partial charge < -0.3 is 9.94 Å². The standard InChI is InChI=1S/C15H25NO2/c1-14(17)13-16-18-12-8-3-2-5-9-15-10-6-4-7-11-15/h4,6-7,10-11,14,16-17H,2-3,5,8-9,12-13H2,1H3. The molecule has 0 radical (unpaired) electrons. The maximum Gasteiger partial charge on any atom is 0.0682 e. The minimum Gasteiger partial charge on any atom is -0.392 e. The van der Waals surface area contributed by atoms with Crippen LogP contribution in [0.3, 0.4) is 0 Å². The lowest BCUT2D eigenvalue weighted by molar-refractivity contribution is 0.0156. The van der Waals surface area contributed by atoms with E-state index >= 15 is 0 Å². The molecule has 0 fully saturated rings. The van der Waals surface area contributed by atoms with Crippen molar-refractivity contribution in [1.82, 2.24) is 5.48 Å². The molecular formula is C15H25NO2. The predicted octanol–water partition coefficient (Wildman–Crippen LogP) is 2.69. The Labute approximate surface area is 110 Å². The molecule has 1 unspecified atom stereocenters. The van der Waals surface area contributed by atoms with Gasteiger partial charge in [-0.2, -0.15) is 5.48 Å². The van der Waals surface area contributed by atoms with Crippen molar-refractivity contribution < 1.29 is 9.94 Å². The number of rotatable bonds is 10. The highest BCUT2D eigenvalue weighted by atomic mass is 16.6. The minimum absolute atomic E-state index is 0.351. The Balaban J connectivity index is 1.84. The van der Waals surface area contributed by atoms with Gasteiger partial charge in [-0.15, -0.1) is 0 Å².